The van der Waals surface area contributed by atoms with Crippen molar-refractivity contribution in [2.75, 3.05) is 175 Å². The average Bonchev–Trinajstić information content (AvgIpc) is 1.09. The first-order valence-corrected chi connectivity index (χ1v) is 48.3. The van der Waals surface area contributed by atoms with Crippen LogP contribution in [0.4, 0.5) is 14.4 Å². The fourth-order valence-electron chi connectivity index (χ4n) is 13.3. The van der Waals surface area contributed by atoms with E-state index in [0.29, 0.717) is 58.0 Å². The Hall–Kier alpha value is -7.68. The summed E-state index contributed by atoms with van der Waals surface area (Å²) in [7, 11) is 17.3. The highest BCUT2D eigenvalue weighted by molar-refractivity contribution is 8.76. The summed E-state index contributed by atoms with van der Waals surface area (Å²) in [5.74, 6) is -4.31. The standard InChI is InChI=1S/C57H98N8O15.C14H28N2O6S2.C11H21NO7.C7H16O4/c1-16-37(7)50(64(12)55(72)48(35(3)4)62-54(71)49(36(5)6)63(10)11)44(75-13)32-46(68)65-29-21-25-43(65)51(77-15)38(8)52(69)61-42(31-40-23-19-18-20-24-40)53(70)58-27-22-30-78-56(73)39(9)60-45(67)26-28-59-57(74)79-34-47(76-14)80-41(17-2)33-66;1-4-11(9-17)22-13(20-2)10-21-14(19)16-6-5-12(18)15-7-8-24-23-3;1-3-8(6-13)19-10(17-2)7-18-11(16)12-5-4-9(14)15;1-3-6(4-8)11-7(5-9)10-2/h18-20,23-24,35-39,41-44,47-51,66H,16-17,21-22,25-34H2,1-15H3,(H,58,70)(H,59,74)(H,60,67)(H,61,69)(H,62,71);11,13,17H,4-10H2,1-3H3,(H,15,18)(H,16,19);8,10,13H,3-7H2,1-2H3,(H,12,16)(H,14,15);6-9H,3-5H2,1-2H3/t37-,38+,39-,41?,42+,43-,44+,47?,48-,49-,50-,51+;;;/m0.../s1. The SMILES string of the molecule is CCC(CO)OC(CO)OC.CCC(CO)OC(COC(=O)NCCC(=O)NCCSSC)OC.CCC(CO)OC(COC(=O)NCCC(=O)N[C@@H](C)C(=O)OCCCNC(=O)[C@@H](Cc1ccccc1)NC(=O)[C@H](C)[C@@H](OC)[C@@H]1CCCN1C(=O)C[C@@H](OC)[C@H]([C@@H](C)CC)N(C)C(=O)[C@@H](NC(=O)[C@H](C(C)C)N(C)C)C(C)C)OC.CCC(CO)OC(COC(=O)NCCC(=O)O)OC. The zero-order valence-electron chi connectivity index (χ0n) is 82.9. The van der Waals surface area contributed by atoms with Gasteiger partial charge in [0.25, 0.3) is 0 Å². The van der Waals surface area contributed by atoms with Crippen molar-refractivity contribution >= 4 is 93.2 Å². The number of benzene rings is 1. The number of carbonyl (C=O) groups is 12. The molecule has 1 heterocycles. The molecule has 1 aliphatic heterocycles. The molecule has 134 heavy (non-hydrogen) atoms. The highest BCUT2D eigenvalue weighted by atomic mass is 33.1. The summed E-state index contributed by atoms with van der Waals surface area (Å²) >= 11 is 0. The van der Waals surface area contributed by atoms with Gasteiger partial charge in [-0.25, -0.2) is 19.2 Å². The van der Waals surface area contributed by atoms with E-state index in [4.69, 9.17) is 91.8 Å². The lowest BCUT2D eigenvalue weighted by atomic mass is 9.89. The minimum absolute atomic E-state index is 0.00388. The van der Waals surface area contributed by atoms with Crippen molar-refractivity contribution < 1.29 is 154 Å². The second-order valence-electron chi connectivity index (χ2n) is 32.1. The number of hydrogen-bond donors (Lipinski definition) is 14. The fourth-order valence-corrected chi connectivity index (χ4v) is 14.4. The molecule has 18 atom stereocenters. The molecule has 1 saturated heterocycles. The Bertz CT molecular complexity index is 3340. The molecule has 1 aromatic carbocycles. The Morgan fingerprint density at radius 3 is 1.40 bits per heavy atom. The zero-order chi connectivity index (χ0) is 102. The highest BCUT2D eigenvalue weighted by Gasteiger charge is 2.44. The number of amides is 10. The van der Waals surface area contributed by atoms with Gasteiger partial charge in [-0.15, -0.1) is 0 Å². The molecule has 0 aromatic heterocycles. The van der Waals surface area contributed by atoms with Crippen molar-refractivity contribution in [2.24, 2.45) is 23.7 Å². The predicted octanol–water partition coefficient (Wildman–Crippen LogP) is 3.47. The van der Waals surface area contributed by atoms with Crippen LogP contribution in [0.2, 0.25) is 0 Å². The third-order valence-electron chi connectivity index (χ3n) is 21.2. The number of aliphatic hydroxyl groups is 5. The van der Waals surface area contributed by atoms with Crippen LogP contribution in [0.15, 0.2) is 30.3 Å². The van der Waals surface area contributed by atoms with Gasteiger partial charge in [-0.1, -0.05) is 135 Å². The van der Waals surface area contributed by atoms with Gasteiger partial charge in [0.1, 0.15) is 37.9 Å². The number of ether oxygens (including phenoxy) is 14. The molecule has 0 spiro atoms. The number of carboxylic acids is 1. The smallest absolute Gasteiger partial charge is 0.407 e. The number of carbonyl (C=O) groups excluding carboxylic acids is 11. The number of nitrogens with one attached hydrogen (secondary N) is 8. The summed E-state index contributed by atoms with van der Waals surface area (Å²) in [4.78, 5) is 157. The molecule has 2 rings (SSSR count). The van der Waals surface area contributed by atoms with E-state index in [1.807, 2.05) is 125 Å². The molecule has 1 aromatic rings. The van der Waals surface area contributed by atoms with Crippen LogP contribution in [0.25, 0.3) is 0 Å². The van der Waals surface area contributed by atoms with Crippen molar-refractivity contribution in [2.45, 2.75) is 265 Å². The van der Waals surface area contributed by atoms with Crippen LogP contribution >= 0.6 is 21.6 Å². The summed E-state index contributed by atoms with van der Waals surface area (Å²) in [6.45, 7) is 22.2. The number of methoxy groups -OCH3 is 6. The van der Waals surface area contributed by atoms with Crippen LogP contribution in [0.1, 0.15) is 166 Å². The van der Waals surface area contributed by atoms with Crippen LogP contribution in [0.3, 0.4) is 0 Å². The number of nitrogens with zero attached hydrogens (tertiary/aromatic N) is 3. The summed E-state index contributed by atoms with van der Waals surface area (Å²) in [5, 5.41) is 74.3. The molecule has 0 bridgehead atoms. The Morgan fingerprint density at radius 2 is 0.993 bits per heavy atom. The van der Waals surface area contributed by atoms with Crippen LogP contribution < -0.4 is 42.5 Å². The van der Waals surface area contributed by atoms with Crippen molar-refractivity contribution in [3.05, 3.63) is 35.9 Å². The topological polar surface area (TPSA) is 561 Å². The number of alkyl carbamates (subject to hydrolysis) is 3. The molecule has 0 saturated carbocycles. The molecule has 8 unspecified atom stereocenters. The molecule has 10 amide bonds. The number of aliphatic hydroxyl groups excluding tert-OH is 5. The quantitative estimate of drug-likeness (QED) is 0.0146. The van der Waals surface area contributed by atoms with E-state index in [0.717, 1.165) is 11.3 Å². The highest BCUT2D eigenvalue weighted by Crippen LogP contribution is 2.31. The lowest BCUT2D eigenvalue weighted by molar-refractivity contribution is -0.181. The molecular formula is C89H163N11O32S2. The number of hydrogen-bond acceptors (Lipinski definition) is 34. The average molecular weight is 1960 g/mol. The van der Waals surface area contributed by atoms with Crippen molar-refractivity contribution in [3.63, 3.8) is 0 Å². The van der Waals surface area contributed by atoms with Gasteiger partial charge >= 0.3 is 30.2 Å². The minimum Gasteiger partial charge on any atom is -0.481 e. The third-order valence-corrected chi connectivity index (χ3v) is 23.0. The Balaban J connectivity index is 0. The maximum absolute atomic E-state index is 14.5. The number of carboxylic acid groups (broad SMARTS) is 1. The second kappa shape index (κ2) is 77.3. The van der Waals surface area contributed by atoms with E-state index in [-0.39, 0.29) is 184 Å². The largest absolute Gasteiger partial charge is 0.481 e. The van der Waals surface area contributed by atoms with Crippen LogP contribution in [0.5, 0.6) is 0 Å². The normalized spacial score (nSPS) is 16.2. The molecule has 1 aliphatic rings. The predicted molar refractivity (Wildman–Crippen MR) is 501 cm³/mol. The third kappa shape index (κ3) is 55.1. The van der Waals surface area contributed by atoms with E-state index < -0.39 is 134 Å². The van der Waals surface area contributed by atoms with Gasteiger partial charge < -0.3 is 149 Å². The summed E-state index contributed by atoms with van der Waals surface area (Å²) in [6.07, 6.45) is -1.65. The summed E-state index contributed by atoms with van der Waals surface area (Å²) in [6, 6.07) is 4.92. The maximum atomic E-state index is 14.5. The molecule has 43 nitrogen and oxygen atoms in total. The molecular weight excluding hydrogens is 1800 g/mol. The fraction of sp³-hybridized carbons (Fsp3) is 0.798. The summed E-state index contributed by atoms with van der Waals surface area (Å²) in [5.41, 5.74) is 0.798. The monoisotopic (exact) mass is 1960 g/mol. The maximum Gasteiger partial charge on any atom is 0.407 e. The first-order valence-electron chi connectivity index (χ1n) is 45.6. The molecule has 0 radical (unpaired) electrons. The molecule has 778 valence electrons. The molecule has 1 fully saturated rings. The van der Waals surface area contributed by atoms with Gasteiger partial charge in [0, 0.05) is 114 Å². The van der Waals surface area contributed by atoms with Crippen LogP contribution in [-0.2, 0) is 116 Å². The van der Waals surface area contributed by atoms with Crippen LogP contribution in [-0.4, -0.2) is 389 Å². The zero-order valence-corrected chi connectivity index (χ0v) is 84.5. The van der Waals surface area contributed by atoms with E-state index in [9.17, 15) is 62.6 Å². The van der Waals surface area contributed by atoms with Crippen LogP contribution in [0, 0.1) is 23.7 Å². The minimum atomic E-state index is -1.01. The van der Waals surface area contributed by atoms with Gasteiger partial charge in [-0.2, -0.15) is 0 Å². The molecule has 14 N–H and O–H groups in total. The molecule has 0 aliphatic carbocycles. The number of aliphatic carboxylic acids is 1. The second-order valence-corrected chi connectivity index (χ2v) is 34.8. The first kappa shape index (κ1) is 128. The van der Waals surface area contributed by atoms with Gasteiger partial charge in [0.15, 0.2) is 25.2 Å². The lowest BCUT2D eigenvalue weighted by Crippen LogP contribution is -2.59. The lowest BCUT2D eigenvalue weighted by Gasteiger charge is -2.41. The Morgan fingerprint density at radius 1 is 0.515 bits per heavy atom. The van der Waals surface area contributed by atoms with Crippen molar-refractivity contribution in [1.29, 1.82) is 0 Å². The number of rotatable bonds is 67. The number of likely N-dealkylation sites (N-methyl/N-ethyl adjacent to an activating group) is 2. The van der Waals surface area contributed by atoms with Gasteiger partial charge in [-0.3, -0.25) is 43.3 Å². The first-order chi connectivity index (χ1) is 63.8. The van der Waals surface area contributed by atoms with Crippen molar-refractivity contribution in [3.8, 4) is 0 Å². The van der Waals surface area contributed by atoms with Gasteiger partial charge in [0.2, 0.25) is 41.4 Å². The number of esters is 1. The number of likely N-dealkylation sites (tertiary alicyclic amines) is 1. The molecule has 45 heteroatoms. The van der Waals surface area contributed by atoms with Gasteiger partial charge in [0.05, 0.1) is 113 Å². The van der Waals surface area contributed by atoms with Crippen molar-refractivity contribution in [1.82, 2.24) is 57.2 Å². The Labute approximate surface area is 799 Å². The Kier molecular flexibility index (Phi) is 74.0. The van der Waals surface area contributed by atoms with Gasteiger partial charge in [-0.05, 0) is 95.5 Å². The van der Waals surface area contributed by atoms with E-state index in [1.165, 1.54) is 49.6 Å². The van der Waals surface area contributed by atoms with E-state index in [1.54, 1.807) is 45.4 Å². The van der Waals surface area contributed by atoms with E-state index in [2.05, 4.69) is 42.5 Å². The summed E-state index contributed by atoms with van der Waals surface area (Å²) < 4.78 is 73.4. The van der Waals surface area contributed by atoms with E-state index >= 15 is 0 Å².